The van der Waals surface area contributed by atoms with Crippen LogP contribution in [-0.2, 0) is 12.7 Å². The molecule has 1 fully saturated rings. The second-order valence-corrected chi connectivity index (χ2v) is 5.65. The van der Waals surface area contributed by atoms with E-state index in [2.05, 4.69) is 23.7 Å². The van der Waals surface area contributed by atoms with E-state index in [0.717, 1.165) is 6.07 Å². The summed E-state index contributed by atoms with van der Waals surface area (Å²) in [5.41, 5.74) is 5.43. The van der Waals surface area contributed by atoms with Crippen molar-refractivity contribution in [1.82, 2.24) is 9.88 Å². The third kappa shape index (κ3) is 3.29. The molecule has 0 spiro atoms. The molecule has 2 heterocycles. The quantitative estimate of drug-likeness (QED) is 0.908. The molecule has 2 N–H and O–H groups in total. The van der Waals surface area contributed by atoms with Gasteiger partial charge in [-0.05, 0) is 27.0 Å². The Kier molecular flexibility index (Phi) is 4.43. The molecule has 0 radical (unpaired) electrons. The van der Waals surface area contributed by atoms with E-state index in [9.17, 15) is 13.2 Å². The number of likely N-dealkylation sites (N-methyl/N-ethyl adjacent to an activating group) is 1. The Hall–Kier alpha value is -1.34. The number of hydrogen-bond donors (Lipinski definition) is 1. The van der Waals surface area contributed by atoms with E-state index in [0.29, 0.717) is 24.5 Å². The monoisotopic (exact) mass is 302 g/mol. The van der Waals surface area contributed by atoms with Crippen LogP contribution in [0.5, 0.6) is 0 Å². The summed E-state index contributed by atoms with van der Waals surface area (Å²) in [6, 6.07) is 2.92. The van der Waals surface area contributed by atoms with Crippen molar-refractivity contribution in [3.63, 3.8) is 0 Å². The van der Waals surface area contributed by atoms with Gasteiger partial charge in [0.1, 0.15) is 11.5 Å². The summed E-state index contributed by atoms with van der Waals surface area (Å²) < 4.78 is 38.6. The van der Waals surface area contributed by atoms with Gasteiger partial charge in [0.2, 0.25) is 0 Å². The van der Waals surface area contributed by atoms with Crippen LogP contribution in [-0.4, -0.2) is 42.1 Å². The van der Waals surface area contributed by atoms with Gasteiger partial charge in [0, 0.05) is 37.3 Å². The minimum atomic E-state index is -4.44. The number of pyridine rings is 1. The molecule has 7 heteroatoms. The van der Waals surface area contributed by atoms with Gasteiger partial charge in [0.15, 0.2) is 0 Å². The maximum Gasteiger partial charge on any atom is 0.433 e. The molecular formula is C14H21F3N4. The van der Waals surface area contributed by atoms with Gasteiger partial charge in [-0.15, -0.1) is 0 Å². The summed E-state index contributed by atoms with van der Waals surface area (Å²) in [5.74, 6) is 0.360. The summed E-state index contributed by atoms with van der Waals surface area (Å²) in [6.07, 6.45) is -4.44. The van der Waals surface area contributed by atoms with Crippen LogP contribution in [0.1, 0.15) is 25.1 Å². The van der Waals surface area contributed by atoms with Gasteiger partial charge < -0.3 is 10.6 Å². The van der Waals surface area contributed by atoms with Crippen molar-refractivity contribution in [1.29, 1.82) is 0 Å². The number of hydrogen-bond acceptors (Lipinski definition) is 4. The Morgan fingerprint density at radius 3 is 2.29 bits per heavy atom. The molecule has 1 aliphatic rings. The van der Waals surface area contributed by atoms with Crippen LogP contribution < -0.4 is 10.6 Å². The first kappa shape index (κ1) is 16.0. The topological polar surface area (TPSA) is 45.4 Å². The van der Waals surface area contributed by atoms with Gasteiger partial charge in [0.25, 0.3) is 0 Å². The van der Waals surface area contributed by atoms with Crippen LogP contribution in [0.25, 0.3) is 0 Å². The van der Waals surface area contributed by atoms with Gasteiger partial charge in [-0.3, -0.25) is 4.90 Å². The maximum absolute atomic E-state index is 12.9. The summed E-state index contributed by atoms with van der Waals surface area (Å²) in [6.45, 7) is 5.57. The van der Waals surface area contributed by atoms with Crippen molar-refractivity contribution in [3.8, 4) is 0 Å². The average Bonchev–Trinajstić information content (AvgIpc) is 2.42. The molecule has 1 aromatic heterocycles. The Morgan fingerprint density at radius 2 is 1.81 bits per heavy atom. The highest BCUT2D eigenvalue weighted by molar-refractivity contribution is 5.49. The molecule has 1 aromatic rings. The Bertz CT molecular complexity index is 491. The number of nitrogens with two attached hydrogens (primary N) is 1. The highest BCUT2D eigenvalue weighted by Crippen LogP contribution is 2.31. The van der Waals surface area contributed by atoms with Gasteiger partial charge in [0.05, 0.1) is 0 Å². The molecule has 2 rings (SSSR count). The van der Waals surface area contributed by atoms with Crippen LogP contribution in [0.15, 0.2) is 12.1 Å². The zero-order chi connectivity index (χ0) is 15.8. The molecule has 21 heavy (non-hydrogen) atoms. The summed E-state index contributed by atoms with van der Waals surface area (Å²) in [5, 5.41) is 0. The van der Waals surface area contributed by atoms with Gasteiger partial charge >= 0.3 is 6.18 Å². The minimum Gasteiger partial charge on any atom is -0.353 e. The van der Waals surface area contributed by atoms with Crippen molar-refractivity contribution >= 4 is 5.82 Å². The Balaban J connectivity index is 2.37. The maximum atomic E-state index is 12.9. The van der Waals surface area contributed by atoms with Crippen LogP contribution in [0.4, 0.5) is 19.0 Å². The molecule has 118 valence electrons. The number of anilines is 1. The molecule has 0 amide bonds. The molecule has 0 saturated carbocycles. The van der Waals surface area contributed by atoms with Crippen molar-refractivity contribution < 1.29 is 13.2 Å². The van der Waals surface area contributed by atoms with E-state index >= 15 is 0 Å². The van der Waals surface area contributed by atoms with Crippen LogP contribution >= 0.6 is 0 Å². The molecule has 0 bridgehead atoms. The smallest absolute Gasteiger partial charge is 0.353 e. The lowest BCUT2D eigenvalue weighted by atomic mass is 10.1. The molecule has 0 aliphatic carbocycles. The fourth-order valence-electron chi connectivity index (χ4n) is 2.65. The summed E-state index contributed by atoms with van der Waals surface area (Å²) in [7, 11) is 2.02. The highest BCUT2D eigenvalue weighted by Gasteiger charge is 2.35. The molecule has 4 nitrogen and oxygen atoms in total. The fourth-order valence-corrected chi connectivity index (χ4v) is 2.65. The molecule has 1 saturated heterocycles. The SMILES string of the molecule is CC1CN(c2nc(C(F)(F)F)ccc2CN)CC(C)N1C. The third-order valence-electron chi connectivity index (χ3n) is 4.13. The summed E-state index contributed by atoms with van der Waals surface area (Å²) >= 11 is 0. The normalized spacial score (nSPS) is 24.4. The Morgan fingerprint density at radius 1 is 1.24 bits per heavy atom. The molecule has 2 unspecified atom stereocenters. The highest BCUT2D eigenvalue weighted by atomic mass is 19.4. The second-order valence-electron chi connectivity index (χ2n) is 5.65. The third-order valence-corrected chi connectivity index (χ3v) is 4.13. The predicted octanol–water partition coefficient (Wildman–Crippen LogP) is 2.09. The van der Waals surface area contributed by atoms with Gasteiger partial charge in [-0.2, -0.15) is 13.2 Å². The van der Waals surface area contributed by atoms with Crippen LogP contribution in [0.3, 0.4) is 0 Å². The van der Waals surface area contributed by atoms with Crippen LogP contribution in [0, 0.1) is 0 Å². The van der Waals surface area contributed by atoms with Crippen molar-refractivity contribution in [2.75, 3.05) is 25.0 Å². The van der Waals surface area contributed by atoms with E-state index in [-0.39, 0.29) is 18.6 Å². The standard InChI is InChI=1S/C14H21F3N4/c1-9-7-21(8-10(2)20(9)3)13-11(6-18)4-5-12(19-13)14(15,16)17/h4-5,9-10H,6-8,18H2,1-3H3. The lowest BCUT2D eigenvalue weighted by molar-refractivity contribution is -0.141. The van der Waals surface area contributed by atoms with E-state index in [1.54, 1.807) is 0 Å². The number of halogens is 3. The predicted molar refractivity (Wildman–Crippen MR) is 76.0 cm³/mol. The van der Waals surface area contributed by atoms with Gasteiger partial charge in [-0.1, -0.05) is 6.07 Å². The lowest BCUT2D eigenvalue weighted by Crippen LogP contribution is -2.55. The molecule has 1 aliphatic heterocycles. The number of rotatable bonds is 2. The van der Waals surface area contributed by atoms with E-state index in [1.807, 2.05) is 11.9 Å². The number of piperazine rings is 1. The lowest BCUT2D eigenvalue weighted by Gasteiger charge is -2.43. The average molecular weight is 302 g/mol. The number of nitrogens with zero attached hydrogens (tertiary/aromatic N) is 3. The van der Waals surface area contributed by atoms with Crippen molar-refractivity contribution in [2.24, 2.45) is 5.73 Å². The van der Waals surface area contributed by atoms with Crippen molar-refractivity contribution in [3.05, 3.63) is 23.4 Å². The first-order chi connectivity index (χ1) is 9.74. The van der Waals surface area contributed by atoms with Crippen LogP contribution in [0.2, 0.25) is 0 Å². The van der Waals surface area contributed by atoms with Gasteiger partial charge in [-0.25, -0.2) is 4.98 Å². The molecule has 2 atom stereocenters. The zero-order valence-corrected chi connectivity index (χ0v) is 12.5. The summed E-state index contributed by atoms with van der Waals surface area (Å²) in [4.78, 5) is 7.96. The molecular weight excluding hydrogens is 281 g/mol. The first-order valence-electron chi connectivity index (χ1n) is 6.98. The second kappa shape index (κ2) is 5.81. The van der Waals surface area contributed by atoms with E-state index < -0.39 is 11.9 Å². The Labute approximate surface area is 122 Å². The largest absolute Gasteiger partial charge is 0.433 e. The minimum absolute atomic E-state index is 0.176. The zero-order valence-electron chi connectivity index (χ0n) is 12.5. The molecule has 0 aromatic carbocycles. The van der Waals surface area contributed by atoms with E-state index in [1.165, 1.54) is 6.07 Å². The number of alkyl halides is 3. The van der Waals surface area contributed by atoms with Crippen molar-refractivity contribution in [2.45, 2.75) is 38.7 Å². The fraction of sp³-hybridized carbons (Fsp3) is 0.643. The number of aromatic nitrogens is 1. The first-order valence-corrected chi connectivity index (χ1v) is 6.98. The van der Waals surface area contributed by atoms with E-state index in [4.69, 9.17) is 5.73 Å².